The van der Waals surface area contributed by atoms with E-state index in [4.69, 9.17) is 18.9 Å². The average molecular weight is 1290 g/mol. The minimum absolute atomic E-state index is 0.143. The summed E-state index contributed by atoms with van der Waals surface area (Å²) in [5, 5.41) is 11.9. The summed E-state index contributed by atoms with van der Waals surface area (Å²) in [6, 6.07) is 0. The zero-order chi connectivity index (χ0) is 67.5. The van der Waals surface area contributed by atoms with Crippen molar-refractivity contribution >= 4 is 17.9 Å². The van der Waals surface area contributed by atoms with E-state index in [9.17, 15) is 19.5 Å². The van der Waals surface area contributed by atoms with Gasteiger partial charge in [-0.1, -0.05) is 327 Å². The molecule has 0 aromatic rings. The lowest BCUT2D eigenvalue weighted by Gasteiger charge is -2.26. The summed E-state index contributed by atoms with van der Waals surface area (Å²) in [6.07, 6.45) is 104. The fourth-order valence-corrected chi connectivity index (χ4v) is 10.4. The van der Waals surface area contributed by atoms with E-state index in [1.807, 2.05) is 21.1 Å². The Morgan fingerprint density at radius 3 is 0.860 bits per heavy atom. The first-order chi connectivity index (χ1) is 45.6. The van der Waals surface area contributed by atoms with Crippen molar-refractivity contribution in [2.24, 2.45) is 0 Å². The van der Waals surface area contributed by atoms with Crippen molar-refractivity contribution < 1.29 is 42.9 Å². The van der Waals surface area contributed by atoms with Gasteiger partial charge in [-0.2, -0.15) is 0 Å². The Morgan fingerprint density at radius 1 is 0.323 bits per heavy atom. The minimum atomic E-state index is -1.63. The van der Waals surface area contributed by atoms with Crippen LogP contribution in [0.5, 0.6) is 0 Å². The van der Waals surface area contributed by atoms with Crippen molar-refractivity contribution in [3.8, 4) is 0 Å². The van der Waals surface area contributed by atoms with Gasteiger partial charge in [0.25, 0.3) is 0 Å². The van der Waals surface area contributed by atoms with Crippen molar-refractivity contribution in [2.45, 2.75) is 322 Å². The molecule has 0 aliphatic heterocycles. The number of rotatable bonds is 69. The molecule has 0 heterocycles. The molecule has 0 fully saturated rings. The van der Waals surface area contributed by atoms with E-state index in [2.05, 4.69) is 160 Å². The van der Waals surface area contributed by atoms with Crippen molar-refractivity contribution in [3.05, 3.63) is 146 Å². The maximum Gasteiger partial charge on any atom is 0.306 e. The van der Waals surface area contributed by atoms with E-state index >= 15 is 0 Å². The van der Waals surface area contributed by atoms with Gasteiger partial charge in [0.1, 0.15) is 13.2 Å². The van der Waals surface area contributed by atoms with Gasteiger partial charge in [-0.15, -0.1) is 0 Å². The number of hydrogen-bond acceptors (Lipinski definition) is 8. The number of quaternary nitrogens is 1. The lowest BCUT2D eigenvalue weighted by molar-refractivity contribution is -0.870. The number of carbonyl (C=O) groups is 3. The summed E-state index contributed by atoms with van der Waals surface area (Å²) in [5.74, 6) is -2.28. The first kappa shape index (κ1) is 88.2. The number of ether oxygens (including phenoxy) is 4. The number of carboxylic acid groups (broad SMARTS) is 1. The second-order valence-corrected chi connectivity index (χ2v) is 26.2. The number of esters is 2. The van der Waals surface area contributed by atoms with Gasteiger partial charge in [-0.25, -0.2) is 0 Å². The lowest BCUT2D eigenvalue weighted by Crippen LogP contribution is -2.44. The van der Waals surface area contributed by atoms with Crippen molar-refractivity contribution in [1.29, 1.82) is 0 Å². The largest absolute Gasteiger partial charge is 0.545 e. The number of unbranched alkanes of at least 4 members (excludes halogenated alkanes) is 30. The molecule has 0 saturated carbocycles. The molecule has 0 radical (unpaired) electrons. The van der Waals surface area contributed by atoms with Gasteiger partial charge < -0.3 is 33.3 Å². The highest BCUT2D eigenvalue weighted by Crippen LogP contribution is 2.18. The summed E-state index contributed by atoms with van der Waals surface area (Å²) in [5.41, 5.74) is 0. The Bertz CT molecular complexity index is 2040. The van der Waals surface area contributed by atoms with Gasteiger partial charge in [0.15, 0.2) is 12.4 Å². The fourth-order valence-electron chi connectivity index (χ4n) is 10.4. The van der Waals surface area contributed by atoms with E-state index in [1.54, 1.807) is 0 Å². The second kappa shape index (κ2) is 73.0. The van der Waals surface area contributed by atoms with Crippen molar-refractivity contribution in [2.75, 3.05) is 47.5 Å². The number of hydrogen-bond donors (Lipinski definition) is 0. The third-order valence-electron chi connectivity index (χ3n) is 16.1. The third-order valence-corrected chi connectivity index (χ3v) is 16.1. The first-order valence-electron chi connectivity index (χ1n) is 38.0. The molecular formula is C84H141NO8. The molecule has 0 aromatic heterocycles. The zero-order valence-corrected chi connectivity index (χ0v) is 60.6. The Balaban J connectivity index is 4.09. The highest BCUT2D eigenvalue weighted by atomic mass is 16.7. The van der Waals surface area contributed by atoms with Crippen LogP contribution >= 0.6 is 0 Å². The maximum absolute atomic E-state index is 13.0. The lowest BCUT2D eigenvalue weighted by atomic mass is 10.0. The van der Waals surface area contributed by atoms with Crippen LogP contribution in [0.2, 0.25) is 0 Å². The van der Waals surface area contributed by atoms with Crippen molar-refractivity contribution in [3.63, 3.8) is 0 Å². The van der Waals surface area contributed by atoms with Gasteiger partial charge in [0, 0.05) is 12.8 Å². The Labute approximate surface area is 572 Å². The third kappa shape index (κ3) is 74.4. The highest BCUT2D eigenvalue weighted by Gasteiger charge is 2.22. The second-order valence-electron chi connectivity index (χ2n) is 26.2. The van der Waals surface area contributed by atoms with E-state index in [1.165, 1.54) is 161 Å². The Hall–Kier alpha value is -4.83. The molecule has 0 aliphatic carbocycles. The number of carbonyl (C=O) groups excluding carboxylic acids is 3. The van der Waals surface area contributed by atoms with Crippen LogP contribution in [-0.2, 0) is 33.3 Å². The van der Waals surface area contributed by atoms with Crippen molar-refractivity contribution in [1.82, 2.24) is 0 Å². The fraction of sp³-hybridized carbons (Fsp3) is 0.679. The van der Waals surface area contributed by atoms with E-state index < -0.39 is 24.3 Å². The molecular weight excluding hydrogens is 1150 g/mol. The predicted octanol–water partition coefficient (Wildman–Crippen LogP) is 22.9. The number of allylic oxidation sites excluding steroid dienone is 24. The molecule has 9 heteroatoms. The highest BCUT2D eigenvalue weighted by molar-refractivity contribution is 5.70. The van der Waals surface area contributed by atoms with Gasteiger partial charge >= 0.3 is 11.9 Å². The van der Waals surface area contributed by atoms with E-state index in [0.29, 0.717) is 17.4 Å². The normalized spacial score (nSPS) is 13.5. The molecule has 2 atom stereocenters. The van der Waals surface area contributed by atoms with Gasteiger partial charge in [0.2, 0.25) is 0 Å². The standard InChI is InChI=1S/C84H141NO8/c1-6-8-10-12-14-16-18-20-22-24-26-28-30-32-34-36-38-40-41-43-45-47-49-51-53-55-57-59-61-63-65-67-69-71-73-75-82(87)93-80(79-92-84(83(88)89)90-77-76-85(3,4)5)78-91-81(86)74-72-70-68-66-64-62-60-58-56-54-52-50-48-46-44-42-39-37-35-33-31-29-27-25-23-21-19-17-15-13-11-9-7-2/h8-11,14-17,20-23,26-29,32-35,38,40,43,45,80,84H,6-7,12-13,18-19,24-25,30-31,36-37,39,41-42,44,46-79H2,1-5H3/b10-8-,11-9-,16-14-,17-15-,22-20-,23-21-,28-26-,29-27-,34-32-,35-33-,40-38-,45-43-. The molecule has 0 aliphatic rings. The SMILES string of the molecule is CC/C=C\C/C=C\C/C=C\C/C=C\C/C=C\C/C=C\C/C=C\CCCCCCCCCCCCCCCC(=O)OC(COC(=O)CCCCCCCCCCCCCCCCCCC/C=C\C/C=C\C/C=C\C/C=C\C/C=C\CC)COC(OCC[N+](C)(C)C)C(=O)[O-]. The minimum Gasteiger partial charge on any atom is -0.545 e. The molecule has 9 nitrogen and oxygen atoms in total. The molecule has 0 amide bonds. The topological polar surface area (TPSA) is 111 Å². The molecule has 0 spiro atoms. The summed E-state index contributed by atoms with van der Waals surface area (Å²) in [7, 11) is 5.93. The molecule has 93 heavy (non-hydrogen) atoms. The Kier molecular flexibility index (Phi) is 69.2. The summed E-state index contributed by atoms with van der Waals surface area (Å²) in [4.78, 5) is 37.6. The molecule has 2 unspecified atom stereocenters. The van der Waals surface area contributed by atoms with Crippen LogP contribution in [0.1, 0.15) is 309 Å². The van der Waals surface area contributed by atoms with Gasteiger partial charge in [-0.3, -0.25) is 9.59 Å². The molecule has 0 rings (SSSR count). The predicted molar refractivity (Wildman–Crippen MR) is 398 cm³/mol. The smallest absolute Gasteiger partial charge is 0.306 e. The zero-order valence-electron chi connectivity index (χ0n) is 60.6. The maximum atomic E-state index is 13.0. The van der Waals surface area contributed by atoms with Crippen LogP contribution in [0.25, 0.3) is 0 Å². The van der Waals surface area contributed by atoms with E-state index in [0.717, 1.165) is 116 Å². The average Bonchev–Trinajstić information content (AvgIpc) is 3.74. The quantitative estimate of drug-likeness (QED) is 0.0195. The summed E-state index contributed by atoms with van der Waals surface area (Å²) in [6.45, 7) is 4.54. The number of nitrogens with zero attached hydrogens (tertiary/aromatic N) is 1. The summed E-state index contributed by atoms with van der Waals surface area (Å²) >= 11 is 0. The molecule has 0 saturated heterocycles. The number of likely N-dealkylation sites (N-methyl/N-ethyl adjacent to an activating group) is 1. The number of carboxylic acids is 1. The van der Waals surface area contributed by atoms with Crippen LogP contribution in [-0.4, -0.2) is 82.3 Å². The van der Waals surface area contributed by atoms with Crippen LogP contribution in [0.3, 0.4) is 0 Å². The van der Waals surface area contributed by atoms with Crippen LogP contribution in [0, 0.1) is 0 Å². The number of aliphatic carboxylic acids is 1. The van der Waals surface area contributed by atoms with Gasteiger partial charge in [0.05, 0.1) is 40.3 Å². The van der Waals surface area contributed by atoms with Crippen LogP contribution in [0.15, 0.2) is 146 Å². The van der Waals surface area contributed by atoms with Gasteiger partial charge in [-0.05, 0) is 116 Å². The van der Waals surface area contributed by atoms with Crippen LogP contribution in [0.4, 0.5) is 0 Å². The Morgan fingerprint density at radius 2 is 0.581 bits per heavy atom. The molecule has 530 valence electrons. The van der Waals surface area contributed by atoms with Crippen LogP contribution < -0.4 is 5.11 Å². The molecule has 0 N–H and O–H groups in total. The molecule has 0 bridgehead atoms. The molecule has 0 aromatic carbocycles. The first-order valence-corrected chi connectivity index (χ1v) is 38.0. The monoisotopic (exact) mass is 1290 g/mol. The van der Waals surface area contributed by atoms with E-state index in [-0.39, 0.29) is 38.6 Å². The summed E-state index contributed by atoms with van der Waals surface area (Å²) < 4.78 is 22.8.